The highest BCUT2D eigenvalue weighted by Gasteiger charge is 2.36. The summed E-state index contributed by atoms with van der Waals surface area (Å²) in [5, 5.41) is 10.9. The average molecular weight is 307 g/mol. The Morgan fingerprint density at radius 1 is 1.27 bits per heavy atom. The molecule has 1 N–H and O–H groups in total. The van der Waals surface area contributed by atoms with E-state index >= 15 is 0 Å². The van der Waals surface area contributed by atoms with Crippen molar-refractivity contribution < 1.29 is 19.4 Å². The molecule has 0 aromatic heterocycles. The highest BCUT2D eigenvalue weighted by molar-refractivity contribution is 5.68. The predicted molar refractivity (Wildman–Crippen MR) is 83.9 cm³/mol. The summed E-state index contributed by atoms with van der Waals surface area (Å²) in [6, 6.07) is 7.46. The molecule has 1 amide bonds. The van der Waals surface area contributed by atoms with Crippen molar-refractivity contribution in [3.05, 3.63) is 29.8 Å². The number of hydrogen-bond acceptors (Lipinski definition) is 4. The van der Waals surface area contributed by atoms with E-state index in [1.807, 2.05) is 45.0 Å². The van der Waals surface area contributed by atoms with E-state index in [0.29, 0.717) is 25.9 Å². The number of piperidine rings is 1. The van der Waals surface area contributed by atoms with E-state index in [2.05, 4.69) is 0 Å². The molecule has 1 fully saturated rings. The normalized spacial score (nSPS) is 18.0. The maximum absolute atomic E-state index is 12.1. The van der Waals surface area contributed by atoms with E-state index in [1.54, 1.807) is 12.0 Å². The Hall–Kier alpha value is -1.75. The number of amides is 1. The lowest BCUT2D eigenvalue weighted by Crippen LogP contribution is -2.46. The van der Waals surface area contributed by atoms with Gasteiger partial charge in [0, 0.05) is 13.1 Å². The summed E-state index contributed by atoms with van der Waals surface area (Å²) in [6.45, 7) is 6.50. The van der Waals surface area contributed by atoms with Crippen molar-refractivity contribution in [3.63, 3.8) is 0 Å². The van der Waals surface area contributed by atoms with Gasteiger partial charge < -0.3 is 19.5 Å². The Bertz CT molecular complexity index is 528. The Kier molecular flexibility index (Phi) is 4.66. The van der Waals surface area contributed by atoms with Crippen molar-refractivity contribution >= 4 is 6.09 Å². The largest absolute Gasteiger partial charge is 0.497 e. The van der Waals surface area contributed by atoms with E-state index in [4.69, 9.17) is 9.47 Å². The number of likely N-dealkylation sites (tertiary alicyclic amines) is 1. The monoisotopic (exact) mass is 307 g/mol. The number of aliphatic hydroxyl groups is 1. The maximum Gasteiger partial charge on any atom is 0.410 e. The lowest BCUT2D eigenvalue weighted by Gasteiger charge is -2.39. The van der Waals surface area contributed by atoms with Crippen LogP contribution in [0.25, 0.3) is 0 Å². The maximum atomic E-state index is 12.1. The first kappa shape index (κ1) is 16.6. The molecule has 2 rings (SSSR count). The third kappa shape index (κ3) is 3.91. The number of carbonyl (C=O) groups is 1. The molecule has 1 aliphatic heterocycles. The van der Waals surface area contributed by atoms with Gasteiger partial charge >= 0.3 is 6.09 Å². The molecule has 1 aliphatic rings. The van der Waals surface area contributed by atoms with E-state index in [9.17, 15) is 9.90 Å². The van der Waals surface area contributed by atoms with Crippen molar-refractivity contribution in [1.29, 1.82) is 0 Å². The highest BCUT2D eigenvalue weighted by atomic mass is 16.6. The van der Waals surface area contributed by atoms with Crippen LogP contribution in [0.4, 0.5) is 4.79 Å². The zero-order valence-electron chi connectivity index (χ0n) is 13.8. The van der Waals surface area contributed by atoms with Crippen LogP contribution < -0.4 is 4.74 Å². The molecule has 0 radical (unpaired) electrons. The van der Waals surface area contributed by atoms with Gasteiger partial charge in [0.2, 0.25) is 0 Å². The predicted octanol–water partition coefficient (Wildman–Crippen LogP) is 2.91. The molecule has 0 aliphatic carbocycles. The van der Waals surface area contributed by atoms with Gasteiger partial charge in [-0.25, -0.2) is 4.79 Å². The van der Waals surface area contributed by atoms with Gasteiger partial charge in [-0.2, -0.15) is 0 Å². The molecule has 1 saturated heterocycles. The van der Waals surface area contributed by atoms with Gasteiger partial charge in [0.25, 0.3) is 0 Å². The topological polar surface area (TPSA) is 59.0 Å². The number of carbonyl (C=O) groups excluding carboxylic acids is 1. The average Bonchev–Trinajstić information content (AvgIpc) is 2.46. The van der Waals surface area contributed by atoms with Gasteiger partial charge in [0.05, 0.1) is 12.7 Å². The third-order valence-electron chi connectivity index (χ3n) is 3.85. The second-order valence-corrected chi connectivity index (χ2v) is 6.73. The van der Waals surface area contributed by atoms with Gasteiger partial charge in [0.15, 0.2) is 0 Å². The van der Waals surface area contributed by atoms with Crippen LogP contribution >= 0.6 is 0 Å². The molecule has 5 heteroatoms. The fourth-order valence-corrected chi connectivity index (χ4v) is 2.59. The fraction of sp³-hybridized carbons (Fsp3) is 0.588. The summed E-state index contributed by atoms with van der Waals surface area (Å²) < 4.78 is 10.6. The minimum atomic E-state index is -0.924. The van der Waals surface area contributed by atoms with Gasteiger partial charge in [-0.1, -0.05) is 12.1 Å². The van der Waals surface area contributed by atoms with Gasteiger partial charge in [-0.15, -0.1) is 0 Å². The third-order valence-corrected chi connectivity index (χ3v) is 3.85. The number of benzene rings is 1. The van der Waals surface area contributed by atoms with E-state index in [0.717, 1.165) is 11.3 Å². The number of nitrogens with zero attached hydrogens (tertiary/aromatic N) is 1. The van der Waals surface area contributed by atoms with Crippen LogP contribution in [0.15, 0.2) is 24.3 Å². The number of hydrogen-bond donors (Lipinski definition) is 1. The molecule has 1 heterocycles. The zero-order valence-corrected chi connectivity index (χ0v) is 13.8. The van der Waals surface area contributed by atoms with Crippen LogP contribution in [0.5, 0.6) is 5.75 Å². The van der Waals surface area contributed by atoms with E-state index in [1.165, 1.54) is 0 Å². The Labute approximate surface area is 131 Å². The molecule has 0 saturated carbocycles. The van der Waals surface area contributed by atoms with Crippen molar-refractivity contribution in [2.45, 2.75) is 44.8 Å². The molecule has 0 unspecified atom stereocenters. The minimum Gasteiger partial charge on any atom is -0.497 e. The van der Waals surface area contributed by atoms with Crippen molar-refractivity contribution in [3.8, 4) is 5.75 Å². The zero-order chi connectivity index (χ0) is 16.4. The molecule has 22 heavy (non-hydrogen) atoms. The fourth-order valence-electron chi connectivity index (χ4n) is 2.59. The van der Waals surface area contributed by atoms with Crippen LogP contribution in [-0.2, 0) is 10.3 Å². The van der Waals surface area contributed by atoms with Crippen LogP contribution in [0.1, 0.15) is 39.2 Å². The van der Waals surface area contributed by atoms with Crippen molar-refractivity contribution in [1.82, 2.24) is 4.90 Å². The van der Waals surface area contributed by atoms with Crippen molar-refractivity contribution in [2.75, 3.05) is 20.2 Å². The molecule has 1 aromatic carbocycles. The van der Waals surface area contributed by atoms with E-state index in [-0.39, 0.29) is 6.09 Å². The Balaban J connectivity index is 2.02. The molecular weight excluding hydrogens is 282 g/mol. The summed E-state index contributed by atoms with van der Waals surface area (Å²) >= 11 is 0. The Morgan fingerprint density at radius 2 is 1.91 bits per heavy atom. The van der Waals surface area contributed by atoms with Crippen molar-refractivity contribution in [2.24, 2.45) is 0 Å². The molecule has 0 atom stereocenters. The quantitative estimate of drug-likeness (QED) is 0.912. The molecule has 0 bridgehead atoms. The standard InChI is InChI=1S/C17H25NO4/c1-16(2,3)22-15(19)18-10-8-17(20,9-11-18)13-6-5-7-14(12-13)21-4/h5-7,12,20H,8-11H2,1-4H3. The first-order valence-corrected chi connectivity index (χ1v) is 7.58. The van der Waals surface area contributed by atoms with Crippen LogP contribution in [-0.4, -0.2) is 41.9 Å². The SMILES string of the molecule is COc1cccc(C2(O)CCN(C(=O)OC(C)(C)C)CC2)c1. The summed E-state index contributed by atoms with van der Waals surface area (Å²) in [7, 11) is 1.61. The second kappa shape index (κ2) is 6.16. The minimum absolute atomic E-state index is 0.319. The van der Waals surface area contributed by atoms with Crippen LogP contribution in [0, 0.1) is 0 Å². The lowest BCUT2D eigenvalue weighted by atomic mass is 9.84. The molecule has 122 valence electrons. The number of rotatable bonds is 2. The summed E-state index contributed by atoms with van der Waals surface area (Å²) in [4.78, 5) is 13.7. The number of methoxy groups -OCH3 is 1. The summed E-state index contributed by atoms with van der Waals surface area (Å²) in [6.07, 6.45) is 0.652. The van der Waals surface area contributed by atoms with Crippen LogP contribution in [0.3, 0.4) is 0 Å². The van der Waals surface area contributed by atoms with E-state index < -0.39 is 11.2 Å². The van der Waals surface area contributed by atoms with Gasteiger partial charge in [0.1, 0.15) is 11.4 Å². The summed E-state index contributed by atoms with van der Waals surface area (Å²) in [5.74, 6) is 0.723. The Morgan fingerprint density at radius 3 is 2.45 bits per heavy atom. The molecular formula is C17H25NO4. The number of ether oxygens (including phenoxy) is 2. The second-order valence-electron chi connectivity index (χ2n) is 6.73. The highest BCUT2D eigenvalue weighted by Crippen LogP contribution is 2.34. The lowest BCUT2D eigenvalue weighted by molar-refractivity contribution is -0.0357. The molecule has 5 nitrogen and oxygen atoms in total. The first-order chi connectivity index (χ1) is 10.2. The summed E-state index contributed by atoms with van der Waals surface area (Å²) in [5.41, 5.74) is -0.597. The molecule has 0 spiro atoms. The molecule has 1 aromatic rings. The van der Waals surface area contributed by atoms with Gasteiger partial charge in [-0.05, 0) is 51.3 Å². The smallest absolute Gasteiger partial charge is 0.410 e. The van der Waals surface area contributed by atoms with Gasteiger partial charge in [-0.3, -0.25) is 0 Å². The van der Waals surface area contributed by atoms with Crippen LogP contribution in [0.2, 0.25) is 0 Å². The first-order valence-electron chi connectivity index (χ1n) is 7.58.